The number of benzene rings is 2. The van der Waals surface area contributed by atoms with E-state index >= 15 is 0 Å². The molecule has 6 nitrogen and oxygen atoms in total. The molecule has 0 saturated heterocycles. The molecule has 2 aromatic carbocycles. The van der Waals surface area contributed by atoms with Crippen molar-refractivity contribution < 1.29 is 0 Å². The van der Waals surface area contributed by atoms with Crippen LogP contribution in [0.5, 0.6) is 0 Å². The van der Waals surface area contributed by atoms with Crippen molar-refractivity contribution in [3.8, 4) is 6.19 Å². The minimum Gasteiger partial charge on any atom is -0.347 e. The summed E-state index contributed by atoms with van der Waals surface area (Å²) < 4.78 is 1.93. The number of hydrogen-bond donors (Lipinski definition) is 2. The number of nitrogens with one attached hydrogen (secondary N) is 2. The van der Waals surface area contributed by atoms with E-state index in [2.05, 4.69) is 22.5 Å². The van der Waals surface area contributed by atoms with Gasteiger partial charge in [0.2, 0.25) is 5.96 Å². The third-order valence-corrected chi connectivity index (χ3v) is 5.19. The van der Waals surface area contributed by atoms with E-state index in [1.807, 2.05) is 53.4 Å². The third kappa shape index (κ3) is 5.76. The van der Waals surface area contributed by atoms with Gasteiger partial charge in [-0.1, -0.05) is 66.5 Å². The molecule has 0 spiro atoms. The van der Waals surface area contributed by atoms with E-state index in [9.17, 15) is 5.26 Å². The lowest BCUT2D eigenvalue weighted by molar-refractivity contribution is 0.524. The number of guanidine groups is 1. The summed E-state index contributed by atoms with van der Waals surface area (Å²) in [4.78, 5) is 8.88. The van der Waals surface area contributed by atoms with Gasteiger partial charge in [0.05, 0.1) is 18.4 Å². The van der Waals surface area contributed by atoms with E-state index in [1.165, 1.54) is 0 Å². The van der Waals surface area contributed by atoms with Crippen molar-refractivity contribution in [3.63, 3.8) is 0 Å². The standard InChI is InChI=1S/C22H22Cl2N6/c1-2-20(16-6-4-3-5-7-16)28-22(27-14-25)29-21(13-30-11-10-26-15-30)18-9-8-17(23)12-19(18)24/h3-12,15,20-21H,2,13H2,1H3,(H2,27,28,29). The van der Waals surface area contributed by atoms with E-state index in [-0.39, 0.29) is 12.1 Å². The SMILES string of the molecule is CCC(N=C(NC#N)NC(Cn1ccnc1)c1ccc(Cl)cc1Cl)c1ccccc1. The second-order valence-corrected chi connectivity index (χ2v) is 7.52. The highest BCUT2D eigenvalue weighted by molar-refractivity contribution is 6.35. The first-order valence-corrected chi connectivity index (χ1v) is 10.3. The average Bonchev–Trinajstić information content (AvgIpc) is 3.25. The molecule has 0 radical (unpaired) electrons. The number of aliphatic imine (C=N–C) groups is 1. The van der Waals surface area contributed by atoms with Gasteiger partial charge in [-0.3, -0.25) is 5.32 Å². The molecule has 0 bridgehead atoms. The van der Waals surface area contributed by atoms with E-state index < -0.39 is 0 Å². The molecule has 2 N–H and O–H groups in total. The number of rotatable bonds is 7. The number of aromatic nitrogens is 2. The van der Waals surface area contributed by atoms with Gasteiger partial charge in [-0.15, -0.1) is 0 Å². The van der Waals surface area contributed by atoms with E-state index in [4.69, 9.17) is 28.2 Å². The molecule has 1 aromatic heterocycles. The average molecular weight is 441 g/mol. The van der Waals surface area contributed by atoms with Gasteiger partial charge in [0.15, 0.2) is 6.19 Å². The van der Waals surface area contributed by atoms with Crippen LogP contribution in [-0.2, 0) is 6.54 Å². The number of nitrogens with zero attached hydrogens (tertiary/aromatic N) is 4. The summed E-state index contributed by atoms with van der Waals surface area (Å²) in [6.45, 7) is 2.60. The van der Waals surface area contributed by atoms with Crippen molar-refractivity contribution in [1.82, 2.24) is 20.2 Å². The molecule has 2 atom stereocenters. The minimum absolute atomic E-state index is 0.0934. The molecule has 0 aliphatic rings. The Balaban J connectivity index is 1.93. The number of hydrogen-bond acceptors (Lipinski definition) is 3. The quantitative estimate of drug-likeness (QED) is 0.232. The Hall–Kier alpha value is -3.01. The predicted octanol–water partition coefficient (Wildman–Crippen LogP) is 5.10. The highest BCUT2D eigenvalue weighted by Gasteiger charge is 2.19. The Labute approximate surface area is 186 Å². The number of nitriles is 1. The number of halogens is 2. The van der Waals surface area contributed by atoms with Crippen LogP contribution in [0.4, 0.5) is 0 Å². The molecule has 2 unspecified atom stereocenters. The first-order valence-electron chi connectivity index (χ1n) is 9.55. The monoisotopic (exact) mass is 440 g/mol. The molecule has 0 fully saturated rings. The van der Waals surface area contributed by atoms with Crippen molar-refractivity contribution in [1.29, 1.82) is 5.26 Å². The van der Waals surface area contributed by atoms with Crippen LogP contribution in [0.25, 0.3) is 0 Å². The zero-order valence-corrected chi connectivity index (χ0v) is 18.0. The molecule has 3 aromatic rings. The summed E-state index contributed by atoms with van der Waals surface area (Å²) in [7, 11) is 0. The van der Waals surface area contributed by atoms with Gasteiger partial charge in [-0.25, -0.2) is 9.98 Å². The maximum absolute atomic E-state index is 9.28. The Morgan fingerprint density at radius 3 is 2.67 bits per heavy atom. The number of imidazole rings is 1. The molecule has 3 rings (SSSR count). The molecular weight excluding hydrogens is 419 g/mol. The van der Waals surface area contributed by atoms with Gasteiger partial charge < -0.3 is 9.88 Å². The van der Waals surface area contributed by atoms with Crippen LogP contribution in [0.2, 0.25) is 10.0 Å². The van der Waals surface area contributed by atoms with Crippen molar-refractivity contribution >= 4 is 29.2 Å². The summed E-state index contributed by atoms with van der Waals surface area (Å²) in [6.07, 6.45) is 8.07. The summed E-state index contributed by atoms with van der Waals surface area (Å²) in [6, 6.07) is 15.0. The Morgan fingerprint density at radius 1 is 1.23 bits per heavy atom. The second-order valence-electron chi connectivity index (χ2n) is 6.67. The molecule has 8 heteroatoms. The first kappa shape index (κ1) is 21.7. The lowest BCUT2D eigenvalue weighted by atomic mass is 10.1. The molecule has 0 saturated carbocycles. The van der Waals surface area contributed by atoms with Crippen LogP contribution in [0.15, 0.2) is 72.2 Å². The summed E-state index contributed by atoms with van der Waals surface area (Å²) in [5.74, 6) is 0.379. The van der Waals surface area contributed by atoms with Gasteiger partial charge in [-0.2, -0.15) is 5.26 Å². The van der Waals surface area contributed by atoms with Crippen LogP contribution in [0.1, 0.15) is 36.6 Å². The topological polar surface area (TPSA) is 78.0 Å². The van der Waals surface area contributed by atoms with E-state index in [0.717, 1.165) is 17.5 Å². The van der Waals surface area contributed by atoms with Crippen molar-refractivity contribution in [2.75, 3.05) is 0 Å². The first-order chi connectivity index (χ1) is 14.6. The van der Waals surface area contributed by atoms with E-state index in [0.29, 0.717) is 22.5 Å². The zero-order valence-electron chi connectivity index (χ0n) is 16.5. The third-order valence-electron chi connectivity index (χ3n) is 4.63. The molecule has 0 aliphatic heterocycles. The Morgan fingerprint density at radius 2 is 2.03 bits per heavy atom. The van der Waals surface area contributed by atoms with Crippen LogP contribution < -0.4 is 10.6 Å². The lowest BCUT2D eigenvalue weighted by Crippen LogP contribution is -2.39. The summed E-state index contributed by atoms with van der Waals surface area (Å²) in [5.41, 5.74) is 1.92. The molecular formula is C22H22Cl2N6. The van der Waals surface area contributed by atoms with Gasteiger partial charge >= 0.3 is 0 Å². The lowest BCUT2D eigenvalue weighted by Gasteiger charge is -2.23. The normalized spacial score (nSPS) is 13.3. The fourth-order valence-corrected chi connectivity index (χ4v) is 3.71. The zero-order chi connectivity index (χ0) is 21.3. The summed E-state index contributed by atoms with van der Waals surface area (Å²) >= 11 is 12.6. The highest BCUT2D eigenvalue weighted by atomic mass is 35.5. The molecule has 1 heterocycles. The highest BCUT2D eigenvalue weighted by Crippen LogP contribution is 2.28. The maximum Gasteiger partial charge on any atom is 0.205 e. The fraction of sp³-hybridized carbons (Fsp3) is 0.227. The molecule has 0 amide bonds. The second kappa shape index (κ2) is 10.7. The molecule has 0 aliphatic carbocycles. The molecule has 30 heavy (non-hydrogen) atoms. The Kier molecular flexibility index (Phi) is 7.72. The van der Waals surface area contributed by atoms with E-state index in [1.54, 1.807) is 24.7 Å². The predicted molar refractivity (Wildman–Crippen MR) is 120 cm³/mol. The maximum atomic E-state index is 9.28. The van der Waals surface area contributed by atoms with Gasteiger partial charge in [0, 0.05) is 29.0 Å². The summed E-state index contributed by atoms with van der Waals surface area (Å²) in [5, 5.41) is 16.4. The smallest absolute Gasteiger partial charge is 0.205 e. The van der Waals surface area contributed by atoms with Crippen LogP contribution in [-0.4, -0.2) is 15.5 Å². The minimum atomic E-state index is -0.267. The van der Waals surface area contributed by atoms with Gasteiger partial charge in [0.1, 0.15) is 0 Å². The Bertz CT molecular complexity index is 1010. The van der Waals surface area contributed by atoms with Crippen molar-refractivity contribution in [2.24, 2.45) is 4.99 Å². The van der Waals surface area contributed by atoms with Gasteiger partial charge in [-0.05, 0) is 29.7 Å². The largest absolute Gasteiger partial charge is 0.347 e. The van der Waals surface area contributed by atoms with Crippen LogP contribution in [0.3, 0.4) is 0 Å². The van der Waals surface area contributed by atoms with Crippen molar-refractivity contribution in [2.45, 2.75) is 32.0 Å². The van der Waals surface area contributed by atoms with Crippen molar-refractivity contribution in [3.05, 3.63) is 88.4 Å². The van der Waals surface area contributed by atoms with Gasteiger partial charge in [0.25, 0.3) is 0 Å². The molecule has 154 valence electrons. The van der Waals surface area contributed by atoms with Crippen LogP contribution >= 0.6 is 23.2 Å². The fourth-order valence-electron chi connectivity index (χ4n) is 3.17. The van der Waals surface area contributed by atoms with Crippen LogP contribution in [0, 0.1) is 11.5 Å².